The second-order valence-corrected chi connectivity index (χ2v) is 7.35. The number of hydrogen-bond acceptors (Lipinski definition) is 2. The predicted molar refractivity (Wildman–Crippen MR) is 96.7 cm³/mol. The number of alkyl halides is 3. The van der Waals surface area contributed by atoms with Crippen LogP contribution in [-0.2, 0) is 17.4 Å². The highest BCUT2D eigenvalue weighted by molar-refractivity contribution is 5.79. The summed E-state index contributed by atoms with van der Waals surface area (Å²) >= 11 is 0. The van der Waals surface area contributed by atoms with Gasteiger partial charge in [0.25, 0.3) is 0 Å². The van der Waals surface area contributed by atoms with Gasteiger partial charge in [-0.15, -0.1) is 0 Å². The summed E-state index contributed by atoms with van der Waals surface area (Å²) in [4.78, 5) is 14.5. The molecule has 1 aromatic heterocycles. The molecule has 1 amide bonds. The Bertz CT molecular complexity index is 833. The van der Waals surface area contributed by atoms with Gasteiger partial charge in [-0.3, -0.25) is 4.79 Å². The van der Waals surface area contributed by atoms with E-state index in [0.717, 1.165) is 43.6 Å². The largest absolute Gasteiger partial charge is 0.416 e. The SMILES string of the molecule is Cc1nn(-c2cccc(C(F)(F)F)c2)c(C)c1CC(=O)N1CCC(C)CC1. The van der Waals surface area contributed by atoms with Crippen LogP contribution in [0, 0.1) is 19.8 Å². The Morgan fingerprint density at radius 2 is 1.89 bits per heavy atom. The molecule has 0 aliphatic carbocycles. The molecule has 7 heteroatoms. The number of benzene rings is 1. The Balaban J connectivity index is 1.84. The van der Waals surface area contributed by atoms with Crippen LogP contribution in [0.15, 0.2) is 24.3 Å². The first-order chi connectivity index (χ1) is 12.7. The molecule has 1 aliphatic heterocycles. The quantitative estimate of drug-likeness (QED) is 0.797. The van der Waals surface area contributed by atoms with Crippen molar-refractivity contribution in [3.05, 3.63) is 46.8 Å². The first-order valence-corrected chi connectivity index (χ1v) is 9.17. The average Bonchev–Trinajstić information content (AvgIpc) is 2.90. The summed E-state index contributed by atoms with van der Waals surface area (Å²) in [6.45, 7) is 7.30. The van der Waals surface area contributed by atoms with Gasteiger partial charge in [0, 0.05) is 24.3 Å². The molecule has 2 heterocycles. The van der Waals surface area contributed by atoms with Crippen LogP contribution in [0.4, 0.5) is 13.2 Å². The Morgan fingerprint density at radius 3 is 2.52 bits per heavy atom. The van der Waals surface area contributed by atoms with E-state index in [0.29, 0.717) is 23.0 Å². The summed E-state index contributed by atoms with van der Waals surface area (Å²) in [5.41, 5.74) is 1.79. The zero-order valence-electron chi connectivity index (χ0n) is 15.8. The lowest BCUT2D eigenvalue weighted by Gasteiger charge is -2.30. The van der Waals surface area contributed by atoms with E-state index in [1.807, 2.05) is 4.90 Å². The molecule has 0 atom stereocenters. The maximum atomic E-state index is 13.0. The normalized spacial score (nSPS) is 16.0. The van der Waals surface area contributed by atoms with Crippen LogP contribution < -0.4 is 0 Å². The number of nitrogens with zero attached hydrogens (tertiary/aromatic N) is 3. The standard InChI is InChI=1S/C20H24F3N3O/c1-13-7-9-25(10-8-13)19(27)12-18-14(2)24-26(15(18)3)17-6-4-5-16(11-17)20(21,22)23/h4-6,11,13H,7-10,12H2,1-3H3. The number of aryl methyl sites for hydroxylation is 1. The molecule has 2 aromatic rings. The minimum Gasteiger partial charge on any atom is -0.342 e. The Morgan fingerprint density at radius 1 is 1.22 bits per heavy atom. The molecule has 0 saturated carbocycles. The summed E-state index contributed by atoms with van der Waals surface area (Å²) in [5, 5.41) is 4.39. The molecule has 0 spiro atoms. The molecule has 4 nitrogen and oxygen atoms in total. The molecule has 0 unspecified atom stereocenters. The Hall–Kier alpha value is -2.31. The van der Waals surface area contributed by atoms with Crippen LogP contribution >= 0.6 is 0 Å². The van der Waals surface area contributed by atoms with Crippen molar-refractivity contribution in [3.8, 4) is 5.69 Å². The number of amides is 1. The second kappa shape index (κ2) is 7.37. The summed E-state index contributed by atoms with van der Waals surface area (Å²) < 4.78 is 40.5. The third-order valence-corrected chi connectivity index (χ3v) is 5.32. The summed E-state index contributed by atoms with van der Waals surface area (Å²) in [6.07, 6.45) is -2.16. The van der Waals surface area contributed by atoms with Crippen molar-refractivity contribution in [2.24, 2.45) is 5.92 Å². The third-order valence-electron chi connectivity index (χ3n) is 5.32. The highest BCUT2D eigenvalue weighted by Crippen LogP contribution is 2.31. The lowest BCUT2D eigenvalue weighted by atomic mass is 9.98. The van der Waals surface area contributed by atoms with Crippen LogP contribution in [0.1, 0.15) is 42.3 Å². The number of piperidine rings is 1. The molecule has 146 valence electrons. The average molecular weight is 379 g/mol. The van der Waals surface area contributed by atoms with E-state index in [1.54, 1.807) is 19.9 Å². The van der Waals surface area contributed by atoms with E-state index < -0.39 is 11.7 Å². The van der Waals surface area contributed by atoms with Gasteiger partial charge in [0.05, 0.1) is 23.4 Å². The van der Waals surface area contributed by atoms with Crippen molar-refractivity contribution in [2.45, 2.75) is 46.2 Å². The number of halogens is 3. The highest BCUT2D eigenvalue weighted by Gasteiger charge is 2.31. The zero-order chi connectivity index (χ0) is 19.8. The molecule has 1 aromatic carbocycles. The molecule has 0 bridgehead atoms. The van der Waals surface area contributed by atoms with E-state index in [4.69, 9.17) is 0 Å². The van der Waals surface area contributed by atoms with E-state index in [-0.39, 0.29) is 12.3 Å². The number of carbonyl (C=O) groups excluding carboxylic acids is 1. The number of carbonyl (C=O) groups is 1. The van der Waals surface area contributed by atoms with Gasteiger partial charge in [-0.05, 0) is 50.8 Å². The second-order valence-electron chi connectivity index (χ2n) is 7.35. The Labute approximate surface area is 157 Å². The fourth-order valence-electron chi connectivity index (χ4n) is 3.52. The third kappa shape index (κ3) is 4.17. The first kappa shape index (κ1) is 19.5. The lowest BCUT2D eigenvalue weighted by molar-refractivity contribution is -0.137. The number of hydrogen-bond donors (Lipinski definition) is 0. The molecule has 3 rings (SSSR count). The summed E-state index contributed by atoms with van der Waals surface area (Å²) in [5.74, 6) is 0.692. The first-order valence-electron chi connectivity index (χ1n) is 9.17. The van der Waals surface area contributed by atoms with Crippen molar-refractivity contribution in [1.29, 1.82) is 0 Å². The van der Waals surface area contributed by atoms with Crippen LogP contribution in [0.5, 0.6) is 0 Å². The minimum absolute atomic E-state index is 0.0525. The molecule has 0 N–H and O–H groups in total. The van der Waals surface area contributed by atoms with Crippen molar-refractivity contribution >= 4 is 5.91 Å². The van der Waals surface area contributed by atoms with Gasteiger partial charge in [-0.2, -0.15) is 18.3 Å². The maximum Gasteiger partial charge on any atom is 0.416 e. The highest BCUT2D eigenvalue weighted by atomic mass is 19.4. The van der Waals surface area contributed by atoms with Gasteiger partial charge in [0.15, 0.2) is 0 Å². The maximum absolute atomic E-state index is 13.0. The summed E-state index contributed by atoms with van der Waals surface area (Å²) in [7, 11) is 0. The van der Waals surface area contributed by atoms with Gasteiger partial charge in [0.1, 0.15) is 0 Å². The molecular weight excluding hydrogens is 355 g/mol. The predicted octanol–water partition coefficient (Wildman–Crippen LogP) is 4.31. The van der Waals surface area contributed by atoms with Crippen LogP contribution in [0.25, 0.3) is 5.69 Å². The number of likely N-dealkylation sites (tertiary alicyclic amines) is 1. The fraction of sp³-hybridized carbons (Fsp3) is 0.500. The van der Waals surface area contributed by atoms with E-state index in [1.165, 1.54) is 10.7 Å². The Kier molecular flexibility index (Phi) is 5.31. The van der Waals surface area contributed by atoms with E-state index in [9.17, 15) is 18.0 Å². The molecule has 1 aliphatic rings. The van der Waals surface area contributed by atoms with Crippen molar-refractivity contribution in [2.75, 3.05) is 13.1 Å². The van der Waals surface area contributed by atoms with Gasteiger partial charge in [-0.1, -0.05) is 13.0 Å². The van der Waals surface area contributed by atoms with Crippen molar-refractivity contribution < 1.29 is 18.0 Å². The minimum atomic E-state index is -4.41. The lowest BCUT2D eigenvalue weighted by Crippen LogP contribution is -2.38. The van der Waals surface area contributed by atoms with Crippen LogP contribution in [0.2, 0.25) is 0 Å². The smallest absolute Gasteiger partial charge is 0.342 e. The van der Waals surface area contributed by atoms with E-state index in [2.05, 4.69) is 12.0 Å². The van der Waals surface area contributed by atoms with Gasteiger partial charge >= 0.3 is 6.18 Å². The zero-order valence-corrected chi connectivity index (χ0v) is 15.8. The number of aromatic nitrogens is 2. The van der Waals surface area contributed by atoms with Crippen molar-refractivity contribution in [1.82, 2.24) is 14.7 Å². The van der Waals surface area contributed by atoms with Crippen molar-refractivity contribution in [3.63, 3.8) is 0 Å². The summed E-state index contributed by atoms with van der Waals surface area (Å²) in [6, 6.07) is 5.08. The monoisotopic (exact) mass is 379 g/mol. The molecular formula is C20H24F3N3O. The van der Waals surface area contributed by atoms with Gasteiger partial charge in [-0.25, -0.2) is 4.68 Å². The van der Waals surface area contributed by atoms with Gasteiger partial charge < -0.3 is 4.90 Å². The molecule has 27 heavy (non-hydrogen) atoms. The van der Waals surface area contributed by atoms with Crippen LogP contribution in [0.3, 0.4) is 0 Å². The molecule has 0 radical (unpaired) electrons. The molecule has 1 fully saturated rings. The van der Waals surface area contributed by atoms with Crippen LogP contribution in [-0.4, -0.2) is 33.7 Å². The fourth-order valence-corrected chi connectivity index (χ4v) is 3.52. The number of rotatable bonds is 3. The van der Waals surface area contributed by atoms with Gasteiger partial charge in [0.2, 0.25) is 5.91 Å². The van der Waals surface area contributed by atoms with E-state index >= 15 is 0 Å². The topological polar surface area (TPSA) is 38.1 Å². The molecule has 1 saturated heterocycles.